The molecule has 3 aromatic rings. The molecule has 1 N–H and O–H groups in total. The Hall–Kier alpha value is -2.60. The third kappa shape index (κ3) is 2.49. The van der Waals surface area contributed by atoms with Gasteiger partial charge in [0.25, 0.3) is 5.91 Å². The van der Waals surface area contributed by atoms with Gasteiger partial charge in [0.2, 0.25) is 0 Å². The number of sulfone groups is 1. The minimum atomic E-state index is -3.27. The zero-order chi connectivity index (χ0) is 16.7. The topological polar surface area (TPSA) is 76.4 Å². The highest BCUT2D eigenvalue weighted by molar-refractivity contribution is 7.91. The van der Waals surface area contributed by atoms with Crippen LogP contribution in [0.1, 0.15) is 28.6 Å². The monoisotopic (exact) mass is 341 g/mol. The molecule has 122 valence electrons. The summed E-state index contributed by atoms with van der Waals surface area (Å²) < 4.78 is 29.9. The van der Waals surface area contributed by atoms with Crippen LogP contribution < -0.4 is 5.32 Å². The van der Waals surface area contributed by atoms with E-state index in [1.54, 1.807) is 36.4 Å². The van der Waals surface area contributed by atoms with Crippen LogP contribution in [0, 0.1) is 0 Å². The molecule has 0 fully saturated rings. The van der Waals surface area contributed by atoms with Gasteiger partial charge in [-0.25, -0.2) is 8.42 Å². The van der Waals surface area contributed by atoms with Crippen LogP contribution in [0.3, 0.4) is 0 Å². The van der Waals surface area contributed by atoms with Gasteiger partial charge in [-0.15, -0.1) is 0 Å². The summed E-state index contributed by atoms with van der Waals surface area (Å²) in [4.78, 5) is 12.8. The number of hydrogen-bond acceptors (Lipinski definition) is 4. The van der Waals surface area contributed by atoms with Crippen molar-refractivity contribution in [1.29, 1.82) is 0 Å². The molecule has 2 aromatic carbocycles. The van der Waals surface area contributed by atoms with E-state index in [4.69, 9.17) is 4.42 Å². The number of amides is 1. The number of carbonyl (C=O) groups is 1. The number of nitrogens with one attached hydrogen (secondary N) is 1. The van der Waals surface area contributed by atoms with E-state index in [0.29, 0.717) is 22.5 Å². The average molecular weight is 341 g/mol. The van der Waals surface area contributed by atoms with Gasteiger partial charge in [0.1, 0.15) is 5.58 Å². The van der Waals surface area contributed by atoms with Crippen LogP contribution in [-0.2, 0) is 9.84 Å². The maximum atomic E-state index is 12.5. The van der Waals surface area contributed by atoms with Crippen LogP contribution in [0.25, 0.3) is 11.0 Å². The summed E-state index contributed by atoms with van der Waals surface area (Å²) in [6.45, 7) is 0. The molecule has 0 radical (unpaired) electrons. The molecule has 1 aliphatic rings. The normalized spacial score (nSPS) is 18.9. The summed E-state index contributed by atoms with van der Waals surface area (Å²) in [5.74, 6) is -0.0952. The number of benzene rings is 2. The van der Waals surface area contributed by atoms with Crippen molar-refractivity contribution >= 4 is 26.7 Å². The van der Waals surface area contributed by atoms with Crippen LogP contribution in [0.15, 0.2) is 63.9 Å². The number of carbonyl (C=O) groups excluding carboxylic acids is 1. The summed E-state index contributed by atoms with van der Waals surface area (Å²) in [5, 5.41) is 3.75. The van der Waals surface area contributed by atoms with E-state index in [-0.39, 0.29) is 23.5 Å². The van der Waals surface area contributed by atoms with Crippen molar-refractivity contribution in [3.05, 3.63) is 65.9 Å². The molecule has 0 aliphatic carbocycles. The van der Waals surface area contributed by atoms with Crippen molar-refractivity contribution in [2.75, 3.05) is 5.75 Å². The Kier molecular flexibility index (Phi) is 3.42. The molecule has 1 unspecified atom stereocenters. The van der Waals surface area contributed by atoms with Crippen LogP contribution in [-0.4, -0.2) is 20.1 Å². The highest BCUT2D eigenvalue weighted by Crippen LogP contribution is 2.32. The van der Waals surface area contributed by atoms with Crippen molar-refractivity contribution in [2.24, 2.45) is 0 Å². The van der Waals surface area contributed by atoms with Gasteiger partial charge < -0.3 is 9.73 Å². The molecule has 0 spiro atoms. The summed E-state index contributed by atoms with van der Waals surface area (Å²) >= 11 is 0. The lowest BCUT2D eigenvalue weighted by Gasteiger charge is -2.25. The number of furan rings is 1. The third-order valence-electron chi connectivity index (χ3n) is 4.26. The second kappa shape index (κ2) is 5.49. The van der Waals surface area contributed by atoms with E-state index in [0.717, 1.165) is 5.39 Å². The first-order valence-corrected chi connectivity index (χ1v) is 9.31. The highest BCUT2D eigenvalue weighted by atomic mass is 32.2. The summed E-state index contributed by atoms with van der Waals surface area (Å²) in [7, 11) is -3.27. The van der Waals surface area contributed by atoms with Crippen molar-refractivity contribution < 1.29 is 17.6 Å². The quantitative estimate of drug-likeness (QED) is 0.777. The number of para-hydroxylation sites is 1. The molecular weight excluding hydrogens is 326 g/mol. The summed E-state index contributed by atoms with van der Waals surface area (Å²) in [5.41, 5.74) is 1.28. The van der Waals surface area contributed by atoms with Crippen LogP contribution >= 0.6 is 0 Å². The minimum Gasteiger partial charge on any atom is -0.451 e. The molecule has 5 nitrogen and oxygen atoms in total. The number of hydrogen-bond donors (Lipinski definition) is 1. The number of rotatable bonds is 2. The van der Waals surface area contributed by atoms with Gasteiger partial charge in [-0.1, -0.05) is 36.4 Å². The smallest absolute Gasteiger partial charge is 0.287 e. The predicted octanol–water partition coefficient (Wildman–Crippen LogP) is 3.08. The molecule has 2 heterocycles. The van der Waals surface area contributed by atoms with E-state index >= 15 is 0 Å². The Morgan fingerprint density at radius 2 is 1.83 bits per heavy atom. The van der Waals surface area contributed by atoms with Crippen molar-refractivity contribution in [3.8, 4) is 0 Å². The minimum absolute atomic E-state index is 0.0229. The lowest BCUT2D eigenvalue weighted by molar-refractivity contribution is 0.0908. The maximum absolute atomic E-state index is 12.5. The molecule has 4 rings (SSSR count). The molecule has 1 atom stereocenters. The van der Waals surface area contributed by atoms with Crippen molar-refractivity contribution in [3.63, 3.8) is 0 Å². The predicted molar refractivity (Wildman–Crippen MR) is 89.5 cm³/mol. The Balaban J connectivity index is 1.64. The zero-order valence-electron chi connectivity index (χ0n) is 12.7. The number of fused-ring (bicyclic) bond motifs is 2. The molecule has 0 saturated heterocycles. The van der Waals surface area contributed by atoms with Gasteiger partial charge in [0, 0.05) is 5.39 Å². The standard InChI is InChI=1S/C18H15NO4S/c20-18(16-11-12-5-1-3-7-15(12)23-16)19-14-9-10-24(21,22)17-8-4-2-6-13(14)17/h1-8,11,14H,9-10H2,(H,19,20). The second-order valence-electron chi connectivity index (χ2n) is 5.82. The lowest BCUT2D eigenvalue weighted by Crippen LogP contribution is -2.33. The highest BCUT2D eigenvalue weighted by Gasteiger charge is 2.31. The van der Waals surface area contributed by atoms with E-state index in [1.807, 2.05) is 18.2 Å². The molecule has 1 amide bonds. The first-order valence-electron chi connectivity index (χ1n) is 7.66. The Labute approximate surface area is 139 Å². The first kappa shape index (κ1) is 15.0. The summed E-state index contributed by atoms with van der Waals surface area (Å²) in [6.07, 6.45) is 0.352. The fourth-order valence-corrected chi connectivity index (χ4v) is 4.68. The molecule has 24 heavy (non-hydrogen) atoms. The van der Waals surface area contributed by atoms with Gasteiger partial charge >= 0.3 is 0 Å². The zero-order valence-corrected chi connectivity index (χ0v) is 13.5. The van der Waals surface area contributed by atoms with E-state index in [9.17, 15) is 13.2 Å². The maximum Gasteiger partial charge on any atom is 0.287 e. The van der Waals surface area contributed by atoms with Crippen LogP contribution in [0.2, 0.25) is 0 Å². The van der Waals surface area contributed by atoms with Crippen molar-refractivity contribution in [2.45, 2.75) is 17.4 Å². The van der Waals surface area contributed by atoms with Crippen molar-refractivity contribution in [1.82, 2.24) is 5.32 Å². The Bertz CT molecular complexity index is 1000. The van der Waals surface area contributed by atoms with E-state index in [1.165, 1.54) is 0 Å². The second-order valence-corrected chi connectivity index (χ2v) is 7.90. The SMILES string of the molecule is O=C(NC1CCS(=O)(=O)c2ccccc21)c1cc2ccccc2o1. The molecule has 0 saturated carbocycles. The van der Waals surface area contributed by atoms with Crippen LogP contribution in [0.4, 0.5) is 0 Å². The van der Waals surface area contributed by atoms with E-state index in [2.05, 4.69) is 5.32 Å². The van der Waals surface area contributed by atoms with Gasteiger partial charge in [-0.05, 0) is 30.2 Å². The fraction of sp³-hybridized carbons (Fsp3) is 0.167. The van der Waals surface area contributed by atoms with Crippen LogP contribution in [0.5, 0.6) is 0 Å². The van der Waals surface area contributed by atoms with Gasteiger partial charge in [-0.2, -0.15) is 0 Å². The molecule has 1 aromatic heterocycles. The third-order valence-corrected chi connectivity index (χ3v) is 6.07. The summed E-state index contributed by atoms with van der Waals surface area (Å²) in [6, 6.07) is 15.5. The van der Waals surface area contributed by atoms with E-state index < -0.39 is 9.84 Å². The Morgan fingerprint density at radius 3 is 2.67 bits per heavy atom. The van der Waals surface area contributed by atoms with Gasteiger partial charge in [0.15, 0.2) is 15.6 Å². The average Bonchev–Trinajstić information content (AvgIpc) is 3.02. The molecule has 0 bridgehead atoms. The first-order chi connectivity index (χ1) is 11.5. The fourth-order valence-electron chi connectivity index (χ4n) is 3.06. The largest absolute Gasteiger partial charge is 0.451 e. The van der Waals surface area contributed by atoms with Gasteiger partial charge in [0.05, 0.1) is 16.7 Å². The molecular formula is C18H15NO4S. The Morgan fingerprint density at radius 1 is 1.08 bits per heavy atom. The van der Waals surface area contributed by atoms with Gasteiger partial charge in [-0.3, -0.25) is 4.79 Å². The molecule has 1 aliphatic heterocycles. The molecule has 6 heteroatoms. The lowest BCUT2D eigenvalue weighted by atomic mass is 10.0.